The number of nitrogens with zero attached hydrogens (tertiary/aromatic N) is 3. The highest BCUT2D eigenvalue weighted by atomic mass is 32.1. The fraction of sp³-hybridized carbons (Fsp3) is 0.308. The van der Waals surface area contributed by atoms with Gasteiger partial charge in [-0.1, -0.05) is 30.4 Å². The highest BCUT2D eigenvalue weighted by Gasteiger charge is 2.19. The van der Waals surface area contributed by atoms with Gasteiger partial charge >= 0.3 is 0 Å². The number of hydrogen-bond donors (Lipinski definition) is 1. The van der Waals surface area contributed by atoms with Gasteiger partial charge < -0.3 is 10.6 Å². The molecule has 1 aromatic carbocycles. The topological polar surface area (TPSA) is 64.2 Å². The van der Waals surface area contributed by atoms with Crippen LogP contribution in [0.2, 0.25) is 0 Å². The summed E-state index contributed by atoms with van der Waals surface area (Å²) in [5.41, 5.74) is 6.85. The van der Waals surface area contributed by atoms with E-state index in [-0.39, 0.29) is 5.91 Å². The van der Waals surface area contributed by atoms with Crippen LogP contribution in [0.1, 0.15) is 16.9 Å². The first kappa shape index (κ1) is 13.5. The smallest absolute Gasteiger partial charge is 0.274 e. The molecule has 2 N–H and O–H groups in total. The van der Waals surface area contributed by atoms with Crippen LogP contribution in [0.25, 0.3) is 10.9 Å². The summed E-state index contributed by atoms with van der Waals surface area (Å²) in [5.74, 6) is -0.118. The van der Waals surface area contributed by atoms with Crippen molar-refractivity contribution in [3.8, 4) is 0 Å². The van der Waals surface area contributed by atoms with E-state index in [2.05, 4.69) is 5.10 Å². The quantitative estimate of drug-likeness (QED) is 0.856. The Kier molecular flexibility index (Phi) is 3.80. The van der Waals surface area contributed by atoms with Gasteiger partial charge in [-0.05, 0) is 6.07 Å². The van der Waals surface area contributed by atoms with Crippen LogP contribution in [0.3, 0.4) is 0 Å². The molecule has 100 valence electrons. The molecule has 1 aromatic heterocycles. The normalized spacial score (nSPS) is 10.6. The lowest BCUT2D eigenvalue weighted by molar-refractivity contribution is 0.0794. The Labute approximate surface area is 117 Å². The van der Waals surface area contributed by atoms with Crippen molar-refractivity contribution < 1.29 is 4.79 Å². The van der Waals surface area contributed by atoms with Crippen LogP contribution in [0.4, 0.5) is 0 Å². The molecule has 0 aliphatic heterocycles. The number of amides is 1. The maximum atomic E-state index is 12.4. The number of fused-ring (bicyclic) bond motifs is 1. The van der Waals surface area contributed by atoms with Gasteiger partial charge in [-0.15, -0.1) is 0 Å². The van der Waals surface area contributed by atoms with E-state index in [1.54, 1.807) is 16.6 Å². The van der Waals surface area contributed by atoms with Crippen molar-refractivity contribution in [2.45, 2.75) is 6.42 Å². The Morgan fingerprint density at radius 3 is 2.84 bits per heavy atom. The molecule has 19 heavy (non-hydrogen) atoms. The summed E-state index contributed by atoms with van der Waals surface area (Å²) < 4.78 is 1.71. The minimum Gasteiger partial charge on any atom is -0.393 e. The van der Waals surface area contributed by atoms with Crippen LogP contribution < -0.4 is 5.73 Å². The number of aryl methyl sites for hydroxylation is 1. The van der Waals surface area contributed by atoms with Gasteiger partial charge in [0.25, 0.3) is 5.91 Å². The molecule has 0 bridgehead atoms. The molecule has 0 atom stereocenters. The lowest BCUT2D eigenvalue weighted by Crippen LogP contribution is -2.30. The van der Waals surface area contributed by atoms with Crippen LogP contribution in [-0.4, -0.2) is 39.2 Å². The number of aromatic nitrogens is 2. The summed E-state index contributed by atoms with van der Waals surface area (Å²) in [4.78, 5) is 14.3. The van der Waals surface area contributed by atoms with E-state index in [1.807, 2.05) is 31.3 Å². The van der Waals surface area contributed by atoms with E-state index < -0.39 is 0 Å². The molecule has 0 saturated carbocycles. The molecule has 0 saturated heterocycles. The molecule has 0 spiro atoms. The fourth-order valence-corrected chi connectivity index (χ4v) is 2.02. The SMILES string of the molecule is CN(CCC(N)=S)C(=O)c1nn(C)c2ccccc12. The van der Waals surface area contributed by atoms with Gasteiger partial charge in [0.05, 0.1) is 10.5 Å². The van der Waals surface area contributed by atoms with Crippen molar-refractivity contribution in [3.63, 3.8) is 0 Å². The number of carbonyl (C=O) groups excluding carboxylic acids is 1. The third-order valence-electron chi connectivity index (χ3n) is 3.00. The number of thiocarbonyl (C=S) groups is 1. The van der Waals surface area contributed by atoms with Crippen molar-refractivity contribution in [1.29, 1.82) is 0 Å². The molecular formula is C13H16N4OS. The molecular weight excluding hydrogens is 260 g/mol. The number of nitrogens with two attached hydrogens (primary N) is 1. The summed E-state index contributed by atoms with van der Waals surface area (Å²) in [7, 11) is 3.55. The zero-order chi connectivity index (χ0) is 14.0. The van der Waals surface area contributed by atoms with Crippen molar-refractivity contribution in [3.05, 3.63) is 30.0 Å². The van der Waals surface area contributed by atoms with Crippen molar-refractivity contribution in [2.24, 2.45) is 12.8 Å². The Bertz CT molecular complexity index is 635. The molecule has 6 heteroatoms. The second-order valence-corrected chi connectivity index (χ2v) is 4.96. The van der Waals surface area contributed by atoms with E-state index in [0.717, 1.165) is 10.9 Å². The van der Waals surface area contributed by atoms with Crippen molar-refractivity contribution in [1.82, 2.24) is 14.7 Å². The number of benzene rings is 1. The molecule has 2 aromatic rings. The first-order valence-electron chi connectivity index (χ1n) is 5.96. The van der Waals surface area contributed by atoms with Gasteiger partial charge in [0.15, 0.2) is 5.69 Å². The van der Waals surface area contributed by atoms with Gasteiger partial charge in [0.2, 0.25) is 0 Å². The predicted molar refractivity (Wildman–Crippen MR) is 79.1 cm³/mol. The molecule has 1 amide bonds. The third kappa shape index (κ3) is 2.73. The first-order valence-corrected chi connectivity index (χ1v) is 6.37. The van der Waals surface area contributed by atoms with E-state index >= 15 is 0 Å². The van der Waals surface area contributed by atoms with Crippen LogP contribution in [0.15, 0.2) is 24.3 Å². The lowest BCUT2D eigenvalue weighted by Gasteiger charge is -2.15. The molecule has 5 nitrogen and oxygen atoms in total. The molecule has 0 aliphatic rings. The largest absolute Gasteiger partial charge is 0.393 e. The van der Waals surface area contributed by atoms with Crippen LogP contribution in [-0.2, 0) is 7.05 Å². The Morgan fingerprint density at radius 1 is 1.47 bits per heavy atom. The minimum absolute atomic E-state index is 0.118. The summed E-state index contributed by atoms with van der Waals surface area (Å²) >= 11 is 4.82. The molecule has 0 radical (unpaired) electrons. The van der Waals surface area contributed by atoms with Crippen LogP contribution in [0, 0.1) is 0 Å². The average molecular weight is 276 g/mol. The number of rotatable bonds is 4. The minimum atomic E-state index is -0.118. The van der Waals surface area contributed by atoms with Gasteiger partial charge in [-0.25, -0.2) is 0 Å². The van der Waals surface area contributed by atoms with Crippen LogP contribution in [0.5, 0.6) is 0 Å². The maximum absolute atomic E-state index is 12.4. The molecule has 1 heterocycles. The summed E-state index contributed by atoms with van der Waals surface area (Å²) in [6.45, 7) is 0.499. The van der Waals surface area contributed by atoms with Crippen molar-refractivity contribution in [2.75, 3.05) is 13.6 Å². The molecule has 0 aliphatic carbocycles. The Hall–Kier alpha value is -1.95. The predicted octanol–water partition coefficient (Wildman–Crippen LogP) is 1.32. The number of hydrogen-bond acceptors (Lipinski definition) is 3. The zero-order valence-electron chi connectivity index (χ0n) is 11.0. The second-order valence-electron chi connectivity index (χ2n) is 4.43. The Balaban J connectivity index is 2.29. The molecule has 0 unspecified atom stereocenters. The standard InChI is InChI=1S/C13H16N4OS/c1-16(8-7-11(14)19)13(18)12-9-5-3-4-6-10(9)17(2)15-12/h3-6H,7-8H2,1-2H3,(H2,14,19). The fourth-order valence-electron chi connectivity index (χ4n) is 1.93. The zero-order valence-corrected chi connectivity index (χ0v) is 11.8. The summed E-state index contributed by atoms with van der Waals surface area (Å²) in [6.07, 6.45) is 0.516. The summed E-state index contributed by atoms with van der Waals surface area (Å²) in [5, 5.41) is 5.16. The van der Waals surface area contributed by atoms with E-state index in [0.29, 0.717) is 23.6 Å². The van der Waals surface area contributed by atoms with Crippen molar-refractivity contribution >= 4 is 34.0 Å². The Morgan fingerprint density at radius 2 is 2.16 bits per heavy atom. The number of para-hydroxylation sites is 1. The van der Waals surface area contributed by atoms with E-state index in [9.17, 15) is 4.79 Å². The maximum Gasteiger partial charge on any atom is 0.274 e. The number of carbonyl (C=O) groups is 1. The van der Waals surface area contributed by atoms with Crippen LogP contribution >= 0.6 is 12.2 Å². The average Bonchev–Trinajstić information content (AvgIpc) is 2.73. The monoisotopic (exact) mass is 276 g/mol. The molecule has 0 fully saturated rings. The highest BCUT2D eigenvalue weighted by molar-refractivity contribution is 7.80. The van der Waals surface area contributed by atoms with Gasteiger partial charge in [-0.2, -0.15) is 5.10 Å². The second kappa shape index (κ2) is 5.36. The van der Waals surface area contributed by atoms with Gasteiger partial charge in [-0.3, -0.25) is 9.48 Å². The highest BCUT2D eigenvalue weighted by Crippen LogP contribution is 2.18. The summed E-state index contributed by atoms with van der Waals surface area (Å²) in [6, 6.07) is 7.66. The third-order valence-corrected chi connectivity index (χ3v) is 3.20. The van der Waals surface area contributed by atoms with E-state index in [4.69, 9.17) is 18.0 Å². The molecule has 2 rings (SSSR count). The lowest BCUT2D eigenvalue weighted by atomic mass is 10.2. The van der Waals surface area contributed by atoms with Gasteiger partial charge in [0, 0.05) is 32.4 Å². The first-order chi connectivity index (χ1) is 9.00. The van der Waals surface area contributed by atoms with Gasteiger partial charge in [0.1, 0.15) is 0 Å². The van der Waals surface area contributed by atoms with E-state index in [1.165, 1.54) is 0 Å².